The normalized spacial score (nSPS) is 52.9. The summed E-state index contributed by atoms with van der Waals surface area (Å²) < 4.78 is 0. The van der Waals surface area contributed by atoms with E-state index < -0.39 is 0 Å². The van der Waals surface area contributed by atoms with Crippen molar-refractivity contribution in [1.82, 2.24) is 0 Å². The molecule has 6 atom stereocenters. The third-order valence-electron chi connectivity index (χ3n) is 8.88. The van der Waals surface area contributed by atoms with Crippen LogP contribution < -0.4 is 0 Å². The fourth-order valence-electron chi connectivity index (χ4n) is 6.55. The summed E-state index contributed by atoms with van der Waals surface area (Å²) in [6.45, 7) is 14.6. The van der Waals surface area contributed by atoms with Crippen LogP contribution in [0, 0.1) is 46.3 Å². The van der Waals surface area contributed by atoms with Crippen molar-refractivity contribution in [2.24, 2.45) is 51.5 Å². The van der Waals surface area contributed by atoms with Gasteiger partial charge in [-0.1, -0.05) is 52.3 Å². The van der Waals surface area contributed by atoms with Gasteiger partial charge in [-0.05, 0) is 65.3 Å². The summed E-state index contributed by atoms with van der Waals surface area (Å²) in [5.41, 5.74) is 5.06. The highest BCUT2D eigenvalue weighted by Crippen LogP contribution is 2.66. The molecule has 0 amide bonds. The Kier molecular flexibility index (Phi) is 2.81. The summed E-state index contributed by atoms with van der Waals surface area (Å²) in [4.78, 5) is 0. The van der Waals surface area contributed by atoms with Gasteiger partial charge in [0.1, 0.15) is 0 Å². The van der Waals surface area contributed by atoms with Crippen molar-refractivity contribution in [3.05, 3.63) is 11.1 Å². The van der Waals surface area contributed by atoms with Crippen LogP contribution in [0.15, 0.2) is 16.3 Å². The lowest BCUT2D eigenvalue weighted by Crippen LogP contribution is -2.37. The molecular weight excluding hydrogens is 270 g/mol. The molecule has 0 aromatic carbocycles. The van der Waals surface area contributed by atoms with Crippen LogP contribution in [0.3, 0.4) is 0 Å². The van der Waals surface area contributed by atoms with Gasteiger partial charge in [-0.3, -0.25) is 0 Å². The van der Waals surface area contributed by atoms with Gasteiger partial charge in [-0.2, -0.15) is 0 Å². The Morgan fingerprint density at radius 3 is 2.14 bits per heavy atom. The van der Waals surface area contributed by atoms with Crippen LogP contribution in [0.25, 0.3) is 0 Å². The predicted octanol–water partition coefficient (Wildman–Crippen LogP) is 5.13. The highest BCUT2D eigenvalue weighted by molar-refractivity contribution is 6.06. The first-order valence-electron chi connectivity index (χ1n) is 9.16. The lowest BCUT2D eigenvalue weighted by Gasteiger charge is -2.42. The molecule has 4 aliphatic rings. The minimum absolute atomic E-state index is 0.349. The first kappa shape index (κ1) is 14.8. The molecular formula is C20H31NO. The Balaban J connectivity index is 1.81. The van der Waals surface area contributed by atoms with E-state index in [4.69, 9.17) is 0 Å². The molecule has 4 saturated carbocycles. The van der Waals surface area contributed by atoms with Crippen molar-refractivity contribution in [2.75, 3.05) is 0 Å². The summed E-state index contributed by atoms with van der Waals surface area (Å²) in [7, 11) is 0. The van der Waals surface area contributed by atoms with Crippen LogP contribution in [-0.4, -0.2) is 10.9 Å². The highest BCUT2D eigenvalue weighted by Gasteiger charge is 2.60. The molecule has 0 heterocycles. The van der Waals surface area contributed by atoms with Crippen molar-refractivity contribution >= 4 is 5.71 Å². The molecule has 22 heavy (non-hydrogen) atoms. The first-order valence-corrected chi connectivity index (χ1v) is 9.16. The monoisotopic (exact) mass is 301 g/mol. The second-order valence-corrected chi connectivity index (χ2v) is 9.78. The molecule has 4 fully saturated rings. The maximum atomic E-state index is 9.70. The van der Waals surface area contributed by atoms with Crippen molar-refractivity contribution in [1.29, 1.82) is 0 Å². The van der Waals surface area contributed by atoms with Crippen LogP contribution >= 0.6 is 0 Å². The quantitative estimate of drug-likeness (QED) is 0.488. The van der Waals surface area contributed by atoms with E-state index in [0.29, 0.717) is 28.6 Å². The number of hydrogen-bond donors (Lipinski definition) is 1. The van der Waals surface area contributed by atoms with Crippen molar-refractivity contribution in [2.45, 2.75) is 60.8 Å². The van der Waals surface area contributed by atoms with E-state index in [1.54, 1.807) is 5.57 Å². The van der Waals surface area contributed by atoms with E-state index in [0.717, 1.165) is 23.5 Å². The maximum Gasteiger partial charge on any atom is 0.0864 e. The van der Waals surface area contributed by atoms with E-state index in [1.165, 1.54) is 24.8 Å². The van der Waals surface area contributed by atoms with Crippen LogP contribution in [0.4, 0.5) is 0 Å². The summed E-state index contributed by atoms with van der Waals surface area (Å²) in [6, 6.07) is 0. The Hall–Kier alpha value is -0.790. The van der Waals surface area contributed by atoms with E-state index >= 15 is 0 Å². The van der Waals surface area contributed by atoms with Crippen LogP contribution in [0.2, 0.25) is 0 Å². The number of allylic oxidation sites excluding steroid dienone is 2. The van der Waals surface area contributed by atoms with Gasteiger partial charge in [0.15, 0.2) is 0 Å². The molecule has 0 saturated heterocycles. The van der Waals surface area contributed by atoms with Crippen LogP contribution in [0.1, 0.15) is 60.8 Å². The third kappa shape index (κ3) is 1.50. The number of hydrogen-bond acceptors (Lipinski definition) is 2. The number of fused-ring (bicyclic) bond motifs is 4. The van der Waals surface area contributed by atoms with Gasteiger partial charge in [0.2, 0.25) is 0 Å². The van der Waals surface area contributed by atoms with Gasteiger partial charge in [-0.15, -0.1) is 0 Å². The van der Waals surface area contributed by atoms with Crippen molar-refractivity contribution in [3.63, 3.8) is 0 Å². The molecule has 0 aromatic rings. The average Bonchev–Trinajstić information content (AvgIpc) is 3.14. The fourth-order valence-corrected chi connectivity index (χ4v) is 6.55. The molecule has 4 aliphatic carbocycles. The Morgan fingerprint density at radius 1 is 0.955 bits per heavy atom. The predicted molar refractivity (Wildman–Crippen MR) is 89.9 cm³/mol. The lowest BCUT2D eigenvalue weighted by molar-refractivity contribution is 0.160. The minimum Gasteiger partial charge on any atom is -0.411 e. The Labute approximate surface area is 135 Å². The minimum atomic E-state index is 0.349. The average molecular weight is 301 g/mol. The molecule has 0 aliphatic heterocycles. The molecule has 0 radical (unpaired) electrons. The molecule has 2 nitrogen and oxygen atoms in total. The zero-order valence-corrected chi connectivity index (χ0v) is 15.0. The van der Waals surface area contributed by atoms with Gasteiger partial charge in [0.05, 0.1) is 5.71 Å². The third-order valence-corrected chi connectivity index (χ3v) is 8.88. The molecule has 0 spiro atoms. The first-order chi connectivity index (χ1) is 10.2. The van der Waals surface area contributed by atoms with Crippen LogP contribution in [-0.2, 0) is 0 Å². The van der Waals surface area contributed by atoms with Gasteiger partial charge in [-0.25, -0.2) is 0 Å². The number of rotatable bonds is 0. The van der Waals surface area contributed by atoms with E-state index in [1.807, 2.05) is 0 Å². The summed E-state index contributed by atoms with van der Waals surface area (Å²) >= 11 is 0. The second kappa shape index (κ2) is 4.19. The SMILES string of the molecule is C[C@H]1[C@H]2C[C@H](C/C2=C2/C(=N\O)[C@@H]3C[C@@H]2C(C)(C)[C@H]3C)C1(C)C. The zero-order valence-electron chi connectivity index (χ0n) is 15.0. The van der Waals surface area contributed by atoms with Gasteiger partial charge >= 0.3 is 0 Å². The summed E-state index contributed by atoms with van der Waals surface area (Å²) in [6.07, 6.45) is 3.82. The van der Waals surface area contributed by atoms with E-state index in [9.17, 15) is 5.21 Å². The summed E-state index contributed by atoms with van der Waals surface area (Å²) in [5, 5.41) is 13.5. The lowest BCUT2D eigenvalue weighted by atomic mass is 9.62. The van der Waals surface area contributed by atoms with Crippen LogP contribution in [0.5, 0.6) is 0 Å². The maximum absolute atomic E-state index is 9.70. The molecule has 122 valence electrons. The largest absolute Gasteiger partial charge is 0.411 e. The molecule has 1 N–H and O–H groups in total. The van der Waals surface area contributed by atoms with E-state index in [-0.39, 0.29) is 0 Å². The van der Waals surface area contributed by atoms with Crippen molar-refractivity contribution in [3.8, 4) is 0 Å². The topological polar surface area (TPSA) is 32.6 Å². The molecule has 4 rings (SSSR count). The van der Waals surface area contributed by atoms with E-state index in [2.05, 4.69) is 46.7 Å². The van der Waals surface area contributed by atoms with Crippen molar-refractivity contribution < 1.29 is 5.21 Å². The molecule has 0 aromatic heterocycles. The standard InChI is InChI=1S/C20H31NO/c1-10-13-7-12(19(10,3)4)8-15(13)17-16-9-14(18(17)21-22)11(2)20(16,5)6/h10-14,16,22H,7-9H2,1-6H3/b17-15-,21-18-/t10-,11-,12+,13+,14+,16-/m0/s1. The van der Waals surface area contributed by atoms with Gasteiger partial charge in [0, 0.05) is 5.92 Å². The second-order valence-electron chi connectivity index (χ2n) is 9.78. The Bertz CT molecular complexity index is 579. The number of nitrogens with zero attached hydrogens (tertiary/aromatic N) is 1. The number of oxime groups is 1. The molecule has 0 unspecified atom stereocenters. The smallest absolute Gasteiger partial charge is 0.0864 e. The highest BCUT2D eigenvalue weighted by atomic mass is 16.4. The van der Waals surface area contributed by atoms with Gasteiger partial charge < -0.3 is 5.21 Å². The Morgan fingerprint density at radius 2 is 1.59 bits per heavy atom. The summed E-state index contributed by atoms with van der Waals surface area (Å²) in [5.74, 6) is 4.04. The van der Waals surface area contributed by atoms with Gasteiger partial charge in [0.25, 0.3) is 0 Å². The molecule has 4 bridgehead atoms. The zero-order chi connectivity index (χ0) is 16.0. The molecule has 2 heteroatoms. The fraction of sp³-hybridized carbons (Fsp3) is 0.850.